The molecule has 5 nitrogen and oxygen atoms in total. The first kappa shape index (κ1) is 18.2. The molecule has 0 aliphatic rings. The van der Waals surface area contributed by atoms with E-state index in [2.05, 4.69) is 24.0 Å². The smallest absolute Gasteiger partial charge is 0.416 e. The maximum Gasteiger partial charge on any atom is 0.416 e. The van der Waals surface area contributed by atoms with Gasteiger partial charge < -0.3 is 4.55 Å². The number of alkyl halides is 3. The third-order valence-electron chi connectivity index (χ3n) is 2.66. The molecule has 0 aliphatic carbocycles. The van der Waals surface area contributed by atoms with Gasteiger partial charge in [-0.3, -0.25) is 0 Å². The predicted molar refractivity (Wildman–Crippen MR) is 70.7 cm³/mol. The second kappa shape index (κ2) is 6.93. The van der Waals surface area contributed by atoms with Crippen molar-refractivity contribution < 1.29 is 30.7 Å². The molecular weight excluding hydrogens is 321 g/mol. The average molecular weight is 336 g/mol. The average Bonchev–Trinajstić information content (AvgIpc) is 2.84. The van der Waals surface area contributed by atoms with Gasteiger partial charge in [0.2, 0.25) is 6.33 Å². The molecule has 0 atom stereocenters. The summed E-state index contributed by atoms with van der Waals surface area (Å²) in [7, 11) is -2.66. The maximum atomic E-state index is 12.0. The fourth-order valence-electron chi connectivity index (χ4n) is 1.50. The van der Waals surface area contributed by atoms with Crippen molar-refractivity contribution in [2.45, 2.75) is 24.5 Å². The van der Waals surface area contributed by atoms with E-state index in [1.807, 2.05) is 17.8 Å². The Kier molecular flexibility index (Phi) is 5.72. The third kappa shape index (κ3) is 5.49. The Morgan fingerprint density at radius 1 is 1.23 bits per heavy atom. The summed E-state index contributed by atoms with van der Waals surface area (Å²) in [6, 6.07) is 2.35. The van der Waals surface area contributed by atoms with E-state index in [9.17, 15) is 26.1 Å². The van der Waals surface area contributed by atoms with Gasteiger partial charge in [-0.1, -0.05) is 0 Å². The van der Waals surface area contributed by atoms with Crippen molar-refractivity contribution in [2.24, 2.45) is 7.05 Å². The zero-order valence-electron chi connectivity index (χ0n) is 11.9. The van der Waals surface area contributed by atoms with Crippen molar-refractivity contribution in [1.82, 2.24) is 4.57 Å². The van der Waals surface area contributed by atoms with Crippen LogP contribution in [-0.2, 0) is 29.9 Å². The Morgan fingerprint density at radius 3 is 2.05 bits per heavy atom. The van der Waals surface area contributed by atoms with Crippen LogP contribution in [0.15, 0.2) is 47.9 Å². The first-order valence-electron chi connectivity index (χ1n) is 6.18. The molecule has 0 amide bonds. The van der Waals surface area contributed by atoms with Crippen molar-refractivity contribution in [3.05, 3.63) is 48.5 Å². The first-order chi connectivity index (χ1) is 10.0. The third-order valence-corrected chi connectivity index (χ3v) is 3.51. The minimum absolute atomic E-state index is 0.546. The van der Waals surface area contributed by atoms with Crippen LogP contribution in [-0.4, -0.2) is 17.5 Å². The summed E-state index contributed by atoms with van der Waals surface area (Å²) in [5.74, 6) is 0. The van der Waals surface area contributed by atoms with Crippen molar-refractivity contribution in [3.63, 3.8) is 0 Å². The highest BCUT2D eigenvalue weighted by atomic mass is 32.2. The number of rotatable bonds is 2. The lowest BCUT2D eigenvalue weighted by atomic mass is 10.2. The fraction of sp³-hybridized carbons (Fsp3) is 0.308. The molecule has 22 heavy (non-hydrogen) atoms. The highest BCUT2D eigenvalue weighted by Crippen LogP contribution is 2.29. The summed E-state index contributed by atoms with van der Waals surface area (Å²) in [4.78, 5) is -0.675. The second-order valence-electron chi connectivity index (χ2n) is 4.39. The largest absolute Gasteiger partial charge is 0.744 e. The topological polar surface area (TPSA) is 66.0 Å². The van der Waals surface area contributed by atoms with Gasteiger partial charge >= 0.3 is 6.18 Å². The molecule has 0 fully saturated rings. The number of hydrogen-bond donors (Lipinski definition) is 0. The van der Waals surface area contributed by atoms with E-state index >= 15 is 0 Å². The Balaban J connectivity index is 0.000000255. The Bertz CT molecular complexity index is 707. The number of aryl methyl sites for hydroxylation is 2. The van der Waals surface area contributed by atoms with Gasteiger partial charge in [0.25, 0.3) is 0 Å². The number of benzene rings is 1. The van der Waals surface area contributed by atoms with Gasteiger partial charge in [-0.25, -0.2) is 17.6 Å². The molecule has 1 aromatic heterocycles. The quantitative estimate of drug-likeness (QED) is 0.622. The fourth-order valence-corrected chi connectivity index (χ4v) is 1.97. The van der Waals surface area contributed by atoms with Crippen molar-refractivity contribution in [3.8, 4) is 0 Å². The molecule has 1 aromatic carbocycles. The van der Waals surface area contributed by atoms with E-state index in [1.165, 1.54) is 0 Å². The molecule has 0 bridgehead atoms. The molecule has 0 spiro atoms. The maximum absolute atomic E-state index is 12.0. The van der Waals surface area contributed by atoms with Gasteiger partial charge in [0, 0.05) is 0 Å². The lowest BCUT2D eigenvalue weighted by Crippen LogP contribution is -2.23. The van der Waals surface area contributed by atoms with Crippen molar-refractivity contribution in [2.75, 3.05) is 0 Å². The van der Waals surface area contributed by atoms with Crippen LogP contribution >= 0.6 is 0 Å². The summed E-state index contributed by atoms with van der Waals surface area (Å²) in [5, 5.41) is 0. The normalized spacial score (nSPS) is 11.7. The Labute approximate surface area is 126 Å². The predicted octanol–water partition coefficient (Wildman–Crippen LogP) is 1.94. The molecule has 122 valence electrons. The van der Waals surface area contributed by atoms with E-state index in [4.69, 9.17) is 0 Å². The molecular formula is C13H15F3N2O3S. The van der Waals surface area contributed by atoms with Crippen LogP contribution in [0.3, 0.4) is 0 Å². The van der Waals surface area contributed by atoms with Crippen LogP contribution in [0.4, 0.5) is 13.2 Å². The first-order valence-corrected chi connectivity index (χ1v) is 7.59. The van der Waals surface area contributed by atoms with Gasteiger partial charge in [-0.05, 0) is 31.2 Å². The number of imidazole rings is 1. The molecule has 1 heterocycles. The molecule has 2 aromatic rings. The molecule has 0 radical (unpaired) electrons. The second-order valence-corrected chi connectivity index (χ2v) is 5.77. The van der Waals surface area contributed by atoms with Crippen molar-refractivity contribution >= 4 is 10.1 Å². The summed E-state index contributed by atoms with van der Waals surface area (Å²) >= 11 is 0. The van der Waals surface area contributed by atoms with Gasteiger partial charge in [-0.2, -0.15) is 13.2 Å². The van der Waals surface area contributed by atoms with E-state index in [-0.39, 0.29) is 0 Å². The monoisotopic (exact) mass is 336 g/mol. The summed E-state index contributed by atoms with van der Waals surface area (Å²) in [6.07, 6.45) is 1.61. The van der Waals surface area contributed by atoms with Crippen molar-refractivity contribution in [1.29, 1.82) is 0 Å². The Hall–Kier alpha value is -1.87. The number of hydrogen-bond acceptors (Lipinski definition) is 3. The van der Waals surface area contributed by atoms with E-state index in [1.54, 1.807) is 0 Å². The minimum Gasteiger partial charge on any atom is -0.744 e. The number of halogens is 3. The number of nitrogens with zero attached hydrogens (tertiary/aromatic N) is 2. The highest BCUT2D eigenvalue weighted by Gasteiger charge is 2.30. The molecule has 2 rings (SSSR count). The van der Waals surface area contributed by atoms with Crippen LogP contribution in [0.25, 0.3) is 0 Å². The minimum atomic E-state index is -4.68. The summed E-state index contributed by atoms with van der Waals surface area (Å²) < 4.78 is 71.2. The van der Waals surface area contributed by atoms with Gasteiger partial charge in [-0.15, -0.1) is 0 Å². The summed E-state index contributed by atoms with van der Waals surface area (Å²) in [6.45, 7) is 3.18. The number of aromatic nitrogens is 2. The van der Waals surface area contributed by atoms with Gasteiger partial charge in [0.05, 0.1) is 24.1 Å². The van der Waals surface area contributed by atoms with Crippen LogP contribution in [0, 0.1) is 0 Å². The molecule has 0 saturated heterocycles. The van der Waals surface area contributed by atoms with Crippen LogP contribution in [0.1, 0.15) is 12.5 Å². The SMILES string of the molecule is CCn1cc[n+](C)c1.O=S(=O)([O-])c1ccc(C(F)(F)F)cc1. The summed E-state index contributed by atoms with van der Waals surface area (Å²) in [5.41, 5.74) is -0.995. The lowest BCUT2D eigenvalue weighted by molar-refractivity contribution is -0.671. The zero-order valence-corrected chi connectivity index (χ0v) is 12.7. The van der Waals surface area contributed by atoms with Gasteiger partial charge in [0.1, 0.15) is 22.5 Å². The molecule has 9 heteroatoms. The Morgan fingerprint density at radius 2 is 1.77 bits per heavy atom. The van der Waals surface area contributed by atoms with E-state index in [0.717, 1.165) is 6.54 Å². The van der Waals surface area contributed by atoms with Crippen LogP contribution in [0.2, 0.25) is 0 Å². The van der Waals surface area contributed by atoms with Crippen LogP contribution < -0.4 is 4.57 Å². The standard InChI is InChI=1S/C7H5F3O3S.C6H11N2/c8-7(9,10)5-1-3-6(4-2-5)14(11,12)13;1-3-8-5-4-7(2)6-8/h1-4H,(H,11,12,13);4-6H,3H2,1-2H3/q;+1/p-1. The molecule has 0 saturated carbocycles. The van der Waals surface area contributed by atoms with Crippen LogP contribution in [0.5, 0.6) is 0 Å². The molecule has 0 N–H and O–H groups in total. The zero-order chi connectivity index (χ0) is 17.0. The van der Waals surface area contributed by atoms with E-state index < -0.39 is 26.8 Å². The highest BCUT2D eigenvalue weighted by molar-refractivity contribution is 7.85. The molecule has 0 aliphatic heterocycles. The van der Waals surface area contributed by atoms with E-state index in [0.29, 0.717) is 24.3 Å². The lowest BCUT2D eigenvalue weighted by Gasteiger charge is -2.09. The van der Waals surface area contributed by atoms with Gasteiger partial charge in [0.15, 0.2) is 0 Å². The molecule has 0 unspecified atom stereocenters.